The van der Waals surface area contributed by atoms with Gasteiger partial charge in [0, 0.05) is 23.0 Å². The fourth-order valence-electron chi connectivity index (χ4n) is 2.73. The molecule has 0 radical (unpaired) electrons. The van der Waals surface area contributed by atoms with Crippen molar-refractivity contribution < 1.29 is 4.74 Å². The number of nitrogens with one attached hydrogen (secondary N) is 1. The molecule has 4 heteroatoms. The Hall–Kier alpha value is -1.29. The van der Waals surface area contributed by atoms with E-state index in [4.69, 9.17) is 4.74 Å². The summed E-state index contributed by atoms with van der Waals surface area (Å²) in [6.07, 6.45) is 6.98. The average Bonchev–Trinajstić information content (AvgIpc) is 2.93. The van der Waals surface area contributed by atoms with Gasteiger partial charge in [0.05, 0.1) is 11.6 Å². The third-order valence-electron chi connectivity index (χ3n) is 3.76. The Morgan fingerprint density at radius 3 is 2.74 bits per heavy atom. The largest absolute Gasteiger partial charge is 0.496 e. The van der Waals surface area contributed by atoms with Crippen molar-refractivity contribution in [3.8, 4) is 5.75 Å². The molecule has 1 aromatic heterocycles. The second-order valence-electron chi connectivity index (χ2n) is 4.96. The van der Waals surface area contributed by atoms with E-state index < -0.39 is 0 Å². The molecule has 0 amide bonds. The summed E-state index contributed by atoms with van der Waals surface area (Å²) in [5, 5.41) is 5.85. The first-order valence-corrected chi connectivity index (χ1v) is 7.46. The highest BCUT2D eigenvalue weighted by Crippen LogP contribution is 2.35. The van der Waals surface area contributed by atoms with Crippen LogP contribution >= 0.6 is 15.9 Å². The van der Waals surface area contributed by atoms with E-state index >= 15 is 0 Å². The van der Waals surface area contributed by atoms with E-state index in [0.29, 0.717) is 6.04 Å². The third kappa shape index (κ3) is 2.41. The number of pyridine rings is 1. The van der Waals surface area contributed by atoms with Crippen molar-refractivity contribution in [2.75, 3.05) is 12.4 Å². The second-order valence-corrected chi connectivity index (χ2v) is 5.76. The van der Waals surface area contributed by atoms with Gasteiger partial charge in [-0.15, -0.1) is 0 Å². The molecule has 3 nitrogen and oxygen atoms in total. The smallest absolute Gasteiger partial charge is 0.134 e. The molecule has 1 heterocycles. The van der Waals surface area contributed by atoms with Crippen molar-refractivity contribution in [3.05, 3.63) is 28.9 Å². The maximum atomic E-state index is 5.34. The van der Waals surface area contributed by atoms with Gasteiger partial charge >= 0.3 is 0 Å². The van der Waals surface area contributed by atoms with Crippen molar-refractivity contribution >= 4 is 32.5 Å². The van der Waals surface area contributed by atoms with E-state index in [9.17, 15) is 0 Å². The molecule has 0 saturated heterocycles. The Bertz CT molecular complexity index is 594. The summed E-state index contributed by atoms with van der Waals surface area (Å²) < 4.78 is 6.33. The topological polar surface area (TPSA) is 34.1 Å². The summed E-state index contributed by atoms with van der Waals surface area (Å²) in [5.41, 5.74) is 0. The molecule has 0 spiro atoms. The molecule has 0 unspecified atom stereocenters. The standard InChI is InChI=1S/C15H17BrN2O/c1-19-13-7-6-12-11(14(13)16)8-9-17-15(12)18-10-4-2-3-5-10/h6-10H,2-5H2,1H3,(H,17,18). The number of rotatable bonds is 3. The molecule has 1 aliphatic carbocycles. The van der Waals surface area contributed by atoms with E-state index in [0.717, 1.165) is 26.8 Å². The number of hydrogen-bond acceptors (Lipinski definition) is 3. The van der Waals surface area contributed by atoms with Crippen molar-refractivity contribution in [1.29, 1.82) is 0 Å². The number of anilines is 1. The maximum Gasteiger partial charge on any atom is 0.134 e. The minimum absolute atomic E-state index is 0.568. The Morgan fingerprint density at radius 2 is 2.00 bits per heavy atom. The van der Waals surface area contributed by atoms with Crippen LogP contribution in [-0.4, -0.2) is 18.1 Å². The summed E-state index contributed by atoms with van der Waals surface area (Å²) in [7, 11) is 1.69. The van der Waals surface area contributed by atoms with Gasteiger partial charge in [-0.05, 0) is 47.0 Å². The molecular formula is C15H17BrN2O. The van der Waals surface area contributed by atoms with Crippen LogP contribution in [0.1, 0.15) is 25.7 Å². The Kier molecular flexibility index (Phi) is 3.60. The molecule has 3 rings (SSSR count). The monoisotopic (exact) mass is 320 g/mol. The van der Waals surface area contributed by atoms with Crippen LogP contribution in [0.3, 0.4) is 0 Å². The van der Waals surface area contributed by atoms with Crippen LogP contribution in [-0.2, 0) is 0 Å². The lowest BCUT2D eigenvalue weighted by Crippen LogP contribution is -2.15. The summed E-state index contributed by atoms with van der Waals surface area (Å²) in [4.78, 5) is 4.49. The Morgan fingerprint density at radius 1 is 1.21 bits per heavy atom. The normalized spacial score (nSPS) is 15.9. The van der Waals surface area contributed by atoms with E-state index in [1.807, 2.05) is 18.3 Å². The molecule has 1 aromatic carbocycles. The fourth-order valence-corrected chi connectivity index (χ4v) is 3.37. The summed E-state index contributed by atoms with van der Waals surface area (Å²) in [5.74, 6) is 1.83. The van der Waals surface area contributed by atoms with Crippen LogP contribution in [0.2, 0.25) is 0 Å². The predicted octanol–water partition coefficient (Wildman–Crippen LogP) is 4.36. The lowest BCUT2D eigenvalue weighted by Gasteiger charge is -2.15. The van der Waals surface area contributed by atoms with Gasteiger partial charge in [0.1, 0.15) is 11.6 Å². The van der Waals surface area contributed by atoms with Gasteiger partial charge in [-0.25, -0.2) is 4.98 Å². The van der Waals surface area contributed by atoms with E-state index in [2.05, 4.69) is 32.3 Å². The molecule has 1 aliphatic rings. The van der Waals surface area contributed by atoms with Crippen LogP contribution < -0.4 is 10.1 Å². The highest BCUT2D eigenvalue weighted by molar-refractivity contribution is 9.10. The van der Waals surface area contributed by atoms with Crippen molar-refractivity contribution in [1.82, 2.24) is 4.98 Å². The molecule has 2 aromatic rings. The van der Waals surface area contributed by atoms with E-state index in [-0.39, 0.29) is 0 Å². The van der Waals surface area contributed by atoms with Crippen LogP contribution in [0.25, 0.3) is 10.8 Å². The minimum Gasteiger partial charge on any atom is -0.496 e. The van der Waals surface area contributed by atoms with E-state index in [1.165, 1.54) is 25.7 Å². The van der Waals surface area contributed by atoms with Gasteiger partial charge in [0.2, 0.25) is 0 Å². The van der Waals surface area contributed by atoms with Crippen LogP contribution in [0.15, 0.2) is 28.9 Å². The Labute approximate surface area is 121 Å². The number of benzene rings is 1. The number of hydrogen-bond donors (Lipinski definition) is 1. The lowest BCUT2D eigenvalue weighted by atomic mass is 10.1. The molecule has 1 saturated carbocycles. The maximum absolute atomic E-state index is 5.34. The quantitative estimate of drug-likeness (QED) is 0.912. The number of methoxy groups -OCH3 is 1. The molecule has 1 N–H and O–H groups in total. The number of ether oxygens (including phenoxy) is 1. The van der Waals surface area contributed by atoms with Crippen molar-refractivity contribution in [2.24, 2.45) is 0 Å². The van der Waals surface area contributed by atoms with Crippen LogP contribution in [0.4, 0.5) is 5.82 Å². The first kappa shape index (κ1) is 12.7. The first-order valence-electron chi connectivity index (χ1n) is 6.67. The third-order valence-corrected chi connectivity index (χ3v) is 4.58. The highest BCUT2D eigenvalue weighted by atomic mass is 79.9. The zero-order valence-corrected chi connectivity index (χ0v) is 12.5. The van der Waals surface area contributed by atoms with Gasteiger partial charge in [-0.3, -0.25) is 0 Å². The number of nitrogens with zero attached hydrogens (tertiary/aromatic N) is 1. The molecule has 0 aliphatic heterocycles. The SMILES string of the molecule is COc1ccc2c(NC3CCCC3)nccc2c1Br. The molecule has 0 bridgehead atoms. The zero-order valence-electron chi connectivity index (χ0n) is 10.9. The number of halogens is 1. The summed E-state index contributed by atoms with van der Waals surface area (Å²) >= 11 is 3.61. The molecule has 100 valence electrons. The van der Waals surface area contributed by atoms with Gasteiger partial charge < -0.3 is 10.1 Å². The van der Waals surface area contributed by atoms with Crippen LogP contribution in [0, 0.1) is 0 Å². The highest BCUT2D eigenvalue weighted by Gasteiger charge is 2.17. The van der Waals surface area contributed by atoms with Gasteiger partial charge in [0.25, 0.3) is 0 Å². The van der Waals surface area contributed by atoms with Crippen molar-refractivity contribution in [3.63, 3.8) is 0 Å². The molecular weight excluding hydrogens is 304 g/mol. The Balaban J connectivity index is 2.02. The second kappa shape index (κ2) is 5.37. The zero-order chi connectivity index (χ0) is 13.2. The number of aromatic nitrogens is 1. The predicted molar refractivity (Wildman–Crippen MR) is 81.9 cm³/mol. The number of fused-ring (bicyclic) bond motifs is 1. The van der Waals surface area contributed by atoms with Gasteiger partial charge in [-0.1, -0.05) is 12.8 Å². The lowest BCUT2D eigenvalue weighted by molar-refractivity contribution is 0.413. The molecule has 19 heavy (non-hydrogen) atoms. The van der Waals surface area contributed by atoms with Crippen molar-refractivity contribution in [2.45, 2.75) is 31.7 Å². The fraction of sp³-hybridized carbons (Fsp3) is 0.400. The van der Waals surface area contributed by atoms with E-state index in [1.54, 1.807) is 7.11 Å². The minimum atomic E-state index is 0.568. The average molecular weight is 321 g/mol. The van der Waals surface area contributed by atoms with Gasteiger partial charge in [0.15, 0.2) is 0 Å². The van der Waals surface area contributed by atoms with Gasteiger partial charge in [-0.2, -0.15) is 0 Å². The molecule has 0 atom stereocenters. The first-order chi connectivity index (χ1) is 9.29. The van der Waals surface area contributed by atoms with Crippen LogP contribution in [0.5, 0.6) is 5.75 Å². The molecule has 1 fully saturated rings. The summed E-state index contributed by atoms with van der Waals surface area (Å²) in [6, 6.07) is 6.64. The summed E-state index contributed by atoms with van der Waals surface area (Å²) in [6.45, 7) is 0.